The van der Waals surface area contributed by atoms with E-state index in [0.717, 1.165) is 0 Å². The number of rotatable bonds is 3. The molecule has 0 saturated carbocycles. The van der Waals surface area contributed by atoms with Gasteiger partial charge in [0.25, 0.3) is 0 Å². The van der Waals surface area contributed by atoms with Crippen LogP contribution in [0.25, 0.3) is 28.2 Å². The molecule has 4 heterocycles. The zero-order valence-electron chi connectivity index (χ0n) is 12.3. The minimum atomic E-state index is -1.33. The van der Waals surface area contributed by atoms with Gasteiger partial charge < -0.3 is 30.2 Å². The van der Waals surface area contributed by atoms with Crippen LogP contribution in [-0.2, 0) is 4.74 Å². The van der Waals surface area contributed by atoms with Crippen molar-refractivity contribution in [3.05, 3.63) is 36.7 Å². The van der Waals surface area contributed by atoms with Crippen LogP contribution in [0.2, 0.25) is 0 Å². The molecule has 1 unspecified atom stereocenters. The fourth-order valence-corrected chi connectivity index (χ4v) is 2.75. The largest absolute Gasteiger partial charge is 0.505 e. The molecule has 1 aliphatic rings. The van der Waals surface area contributed by atoms with Crippen molar-refractivity contribution in [2.45, 2.75) is 12.2 Å². The van der Waals surface area contributed by atoms with Crippen molar-refractivity contribution in [2.75, 3.05) is 12.3 Å². The summed E-state index contributed by atoms with van der Waals surface area (Å²) in [5, 5.41) is 29.8. The number of fused-ring (bicyclic) bond motifs is 1. The molecule has 0 fully saturated rings. The van der Waals surface area contributed by atoms with E-state index in [4.69, 9.17) is 14.9 Å². The number of furan rings is 1. The molecule has 9 heteroatoms. The molecule has 0 bridgehead atoms. The maximum Gasteiger partial charge on any atom is 0.241 e. The van der Waals surface area contributed by atoms with Gasteiger partial charge in [0, 0.05) is 11.8 Å². The molecular weight excluding hydrogens is 316 g/mol. The normalized spacial score (nSPS) is 20.8. The van der Waals surface area contributed by atoms with Gasteiger partial charge in [-0.05, 0) is 12.1 Å². The number of nitrogens with zero attached hydrogens (tertiary/aromatic N) is 3. The molecule has 1 aliphatic heterocycles. The molecule has 3 aromatic heterocycles. The minimum Gasteiger partial charge on any atom is -0.505 e. The standard InChI is InChI=1S/C15H14N4O5/c16-13-10-7(8-2-1-3-23-8)4-19(14(10)18-6-17-13)15-12(22)11(21)9(5-20)24-15/h1-4,6,9,11,20-22H,5H2,(H2,16,17,18)/t9-,11?/m1/s1. The highest BCUT2D eigenvalue weighted by atomic mass is 16.5. The van der Waals surface area contributed by atoms with Crippen LogP contribution < -0.4 is 5.73 Å². The number of nitrogens with two attached hydrogens (primary N) is 1. The fraction of sp³-hybridized carbons (Fsp3) is 0.200. The molecule has 24 heavy (non-hydrogen) atoms. The number of aromatic nitrogens is 3. The maximum atomic E-state index is 10.2. The average molecular weight is 330 g/mol. The zero-order chi connectivity index (χ0) is 16.8. The Morgan fingerprint density at radius 2 is 2.17 bits per heavy atom. The molecule has 0 spiro atoms. The predicted molar refractivity (Wildman–Crippen MR) is 83.5 cm³/mol. The van der Waals surface area contributed by atoms with E-state index in [9.17, 15) is 15.3 Å². The summed E-state index contributed by atoms with van der Waals surface area (Å²) in [4.78, 5) is 8.17. The van der Waals surface area contributed by atoms with Gasteiger partial charge in [-0.15, -0.1) is 0 Å². The lowest BCUT2D eigenvalue weighted by Gasteiger charge is -2.12. The van der Waals surface area contributed by atoms with Crippen LogP contribution in [-0.4, -0.2) is 48.7 Å². The third kappa shape index (κ3) is 1.95. The van der Waals surface area contributed by atoms with E-state index < -0.39 is 24.6 Å². The third-order valence-corrected chi connectivity index (χ3v) is 3.91. The first-order chi connectivity index (χ1) is 11.6. The molecular formula is C15H14N4O5. The summed E-state index contributed by atoms with van der Waals surface area (Å²) in [6.07, 6.45) is 2.14. The summed E-state index contributed by atoms with van der Waals surface area (Å²) in [7, 11) is 0. The minimum absolute atomic E-state index is 0.0255. The average Bonchev–Trinajstić information content (AvgIpc) is 3.28. The Morgan fingerprint density at radius 3 is 2.83 bits per heavy atom. The number of nitrogen functional groups attached to an aromatic ring is 1. The number of aliphatic hydroxyl groups is 3. The number of hydrogen-bond acceptors (Lipinski definition) is 8. The Hall–Kier alpha value is -3.04. The molecule has 4 rings (SSSR count). The second kappa shape index (κ2) is 5.25. The molecule has 2 atom stereocenters. The van der Waals surface area contributed by atoms with E-state index >= 15 is 0 Å². The van der Waals surface area contributed by atoms with Gasteiger partial charge >= 0.3 is 0 Å². The Balaban J connectivity index is 1.97. The van der Waals surface area contributed by atoms with Gasteiger partial charge in [0.15, 0.2) is 23.6 Å². The Kier molecular flexibility index (Phi) is 3.18. The summed E-state index contributed by atoms with van der Waals surface area (Å²) >= 11 is 0. The van der Waals surface area contributed by atoms with Crippen molar-refractivity contribution in [2.24, 2.45) is 0 Å². The Labute approximate surface area is 135 Å². The lowest BCUT2D eigenvalue weighted by atomic mass is 10.2. The number of anilines is 1. The van der Waals surface area contributed by atoms with Gasteiger partial charge in [-0.25, -0.2) is 9.97 Å². The van der Waals surface area contributed by atoms with Gasteiger partial charge in [0.05, 0.1) is 18.3 Å². The lowest BCUT2D eigenvalue weighted by molar-refractivity contribution is 0.0140. The summed E-state index contributed by atoms with van der Waals surface area (Å²) in [6.45, 7) is -0.448. The monoisotopic (exact) mass is 330 g/mol. The highest BCUT2D eigenvalue weighted by Crippen LogP contribution is 2.37. The van der Waals surface area contributed by atoms with Crippen molar-refractivity contribution in [3.8, 4) is 11.3 Å². The molecule has 5 N–H and O–H groups in total. The van der Waals surface area contributed by atoms with E-state index in [1.165, 1.54) is 17.2 Å². The highest BCUT2D eigenvalue weighted by molar-refractivity contribution is 6.00. The zero-order valence-corrected chi connectivity index (χ0v) is 12.3. The van der Waals surface area contributed by atoms with Crippen LogP contribution in [0, 0.1) is 0 Å². The summed E-state index contributed by atoms with van der Waals surface area (Å²) < 4.78 is 12.3. The van der Waals surface area contributed by atoms with Crippen molar-refractivity contribution >= 4 is 22.7 Å². The Morgan fingerprint density at radius 1 is 1.33 bits per heavy atom. The second-order valence-electron chi connectivity index (χ2n) is 5.32. The van der Waals surface area contributed by atoms with Gasteiger partial charge in [0.2, 0.25) is 5.88 Å². The number of hydrogen-bond donors (Lipinski definition) is 4. The van der Waals surface area contributed by atoms with Crippen LogP contribution in [0.3, 0.4) is 0 Å². The summed E-state index contributed by atoms with van der Waals surface area (Å²) in [5.74, 6) is 0.358. The molecule has 0 aromatic carbocycles. The SMILES string of the molecule is Nc1ncnc2c1c(-c1ccco1)cn2C1=C(O)C(O)[C@@H](CO)O1. The molecule has 0 amide bonds. The van der Waals surface area contributed by atoms with E-state index in [1.807, 2.05) is 0 Å². The van der Waals surface area contributed by atoms with Crippen molar-refractivity contribution in [3.63, 3.8) is 0 Å². The molecule has 3 aromatic rings. The van der Waals surface area contributed by atoms with Gasteiger partial charge in [-0.1, -0.05) is 0 Å². The van der Waals surface area contributed by atoms with Crippen LogP contribution >= 0.6 is 0 Å². The van der Waals surface area contributed by atoms with Crippen molar-refractivity contribution < 1.29 is 24.5 Å². The summed E-state index contributed by atoms with van der Waals surface area (Å²) in [6, 6.07) is 3.48. The number of aliphatic hydroxyl groups excluding tert-OH is 3. The third-order valence-electron chi connectivity index (χ3n) is 3.91. The first-order valence-electron chi connectivity index (χ1n) is 7.16. The van der Waals surface area contributed by atoms with Crippen LogP contribution in [0.5, 0.6) is 0 Å². The smallest absolute Gasteiger partial charge is 0.241 e. The Bertz CT molecular complexity index is 931. The summed E-state index contributed by atoms with van der Waals surface area (Å²) in [5.41, 5.74) is 6.96. The first-order valence-corrected chi connectivity index (χ1v) is 7.16. The van der Waals surface area contributed by atoms with Crippen LogP contribution in [0.4, 0.5) is 5.82 Å². The van der Waals surface area contributed by atoms with E-state index in [1.54, 1.807) is 18.3 Å². The van der Waals surface area contributed by atoms with Gasteiger partial charge in [-0.3, -0.25) is 4.57 Å². The first kappa shape index (κ1) is 14.5. The van der Waals surface area contributed by atoms with E-state index in [-0.39, 0.29) is 11.7 Å². The topological polar surface area (TPSA) is 140 Å². The van der Waals surface area contributed by atoms with Crippen LogP contribution in [0.15, 0.2) is 41.1 Å². The lowest BCUT2D eigenvalue weighted by Crippen LogP contribution is -2.27. The fourth-order valence-electron chi connectivity index (χ4n) is 2.75. The second-order valence-corrected chi connectivity index (χ2v) is 5.32. The van der Waals surface area contributed by atoms with Crippen LogP contribution in [0.1, 0.15) is 0 Å². The quantitative estimate of drug-likeness (QED) is 0.550. The molecule has 0 aliphatic carbocycles. The molecule has 9 nitrogen and oxygen atoms in total. The maximum absolute atomic E-state index is 10.2. The number of ether oxygens (including phenoxy) is 1. The molecule has 0 saturated heterocycles. The highest BCUT2D eigenvalue weighted by Gasteiger charge is 2.37. The predicted octanol–water partition coefficient (Wildman–Crippen LogP) is 0.710. The van der Waals surface area contributed by atoms with Gasteiger partial charge in [-0.2, -0.15) is 0 Å². The molecule has 0 radical (unpaired) electrons. The van der Waals surface area contributed by atoms with Crippen molar-refractivity contribution in [1.29, 1.82) is 0 Å². The van der Waals surface area contributed by atoms with Crippen molar-refractivity contribution in [1.82, 2.24) is 14.5 Å². The molecule has 124 valence electrons. The van der Waals surface area contributed by atoms with Gasteiger partial charge in [0.1, 0.15) is 17.9 Å². The van der Waals surface area contributed by atoms with E-state index in [2.05, 4.69) is 9.97 Å². The van der Waals surface area contributed by atoms with E-state index in [0.29, 0.717) is 22.4 Å².